The quantitative estimate of drug-likeness (QED) is 0.946. The first-order valence-electron chi connectivity index (χ1n) is 8.25. The summed E-state index contributed by atoms with van der Waals surface area (Å²) < 4.78 is 1.50. The molecule has 1 aliphatic carbocycles. The molecule has 3 rings (SSSR count). The molecular weight excluding hydrogens is 290 g/mol. The van der Waals surface area contributed by atoms with Crippen molar-refractivity contribution < 1.29 is 4.79 Å². The van der Waals surface area contributed by atoms with E-state index >= 15 is 0 Å². The van der Waals surface area contributed by atoms with Crippen LogP contribution < -0.4 is 11.0 Å². The van der Waals surface area contributed by atoms with Crippen LogP contribution in [0.25, 0.3) is 10.9 Å². The highest BCUT2D eigenvalue weighted by Gasteiger charge is 2.36. The third-order valence-electron chi connectivity index (χ3n) is 4.62. The summed E-state index contributed by atoms with van der Waals surface area (Å²) in [6.45, 7) is 5.89. The van der Waals surface area contributed by atoms with Gasteiger partial charge in [0.25, 0.3) is 5.56 Å². The Morgan fingerprint density at radius 2 is 1.96 bits per heavy atom. The third-order valence-corrected chi connectivity index (χ3v) is 4.62. The van der Waals surface area contributed by atoms with Crippen LogP contribution in [0, 0.1) is 0 Å². The largest absolute Gasteiger partial charge is 0.308 e. The maximum absolute atomic E-state index is 12.9. The van der Waals surface area contributed by atoms with E-state index in [9.17, 15) is 9.59 Å². The monoisotopic (exact) mass is 313 g/mol. The van der Waals surface area contributed by atoms with Gasteiger partial charge >= 0.3 is 0 Å². The fourth-order valence-electron chi connectivity index (χ4n) is 3.19. The highest BCUT2D eigenvalue weighted by Crippen LogP contribution is 2.26. The molecule has 5 heteroatoms. The van der Waals surface area contributed by atoms with Crippen molar-refractivity contribution in [3.05, 3.63) is 40.4 Å². The Morgan fingerprint density at radius 3 is 2.65 bits per heavy atom. The van der Waals surface area contributed by atoms with E-state index in [1.807, 2.05) is 39.0 Å². The number of carbonyl (C=O) groups excluding carboxylic acids is 1. The summed E-state index contributed by atoms with van der Waals surface area (Å²) >= 11 is 0. The van der Waals surface area contributed by atoms with Crippen molar-refractivity contribution in [1.82, 2.24) is 9.66 Å². The van der Waals surface area contributed by atoms with Crippen LogP contribution in [-0.4, -0.2) is 21.0 Å². The lowest BCUT2D eigenvalue weighted by Crippen LogP contribution is -2.52. The number of rotatable bonds is 3. The van der Waals surface area contributed by atoms with Gasteiger partial charge in [-0.1, -0.05) is 32.4 Å². The van der Waals surface area contributed by atoms with Crippen molar-refractivity contribution in [3.8, 4) is 0 Å². The minimum Gasteiger partial charge on any atom is -0.308 e. The summed E-state index contributed by atoms with van der Waals surface area (Å²) in [5.74, 6) is 0.897. The standard InChI is InChI=1S/C18H23N3O2/c1-12(2)16-19-14-9-5-4-8-13(14)17(23)21(16)20-18(3)11-7-6-10-15(18)22/h4-5,8-9,12,20H,6-7,10-11H2,1-3H3. The Balaban J connectivity index is 2.15. The van der Waals surface area contributed by atoms with Gasteiger partial charge in [-0.2, -0.15) is 0 Å². The zero-order chi connectivity index (χ0) is 16.6. The van der Waals surface area contributed by atoms with E-state index in [4.69, 9.17) is 0 Å². The van der Waals surface area contributed by atoms with E-state index in [0.717, 1.165) is 19.3 Å². The SMILES string of the molecule is CC(C)c1nc2ccccc2c(=O)n1NC1(C)CCCCC1=O. The van der Waals surface area contributed by atoms with Crippen molar-refractivity contribution >= 4 is 16.7 Å². The predicted molar refractivity (Wildman–Crippen MR) is 91.3 cm³/mol. The zero-order valence-electron chi connectivity index (χ0n) is 13.9. The molecule has 1 heterocycles. The normalized spacial score (nSPS) is 21.8. The fraction of sp³-hybridized carbons (Fsp3) is 0.500. The molecule has 122 valence electrons. The maximum atomic E-state index is 12.9. The van der Waals surface area contributed by atoms with E-state index in [-0.39, 0.29) is 17.3 Å². The number of hydrogen-bond acceptors (Lipinski definition) is 4. The lowest BCUT2D eigenvalue weighted by molar-refractivity contribution is -0.124. The van der Waals surface area contributed by atoms with Crippen LogP contribution in [0.5, 0.6) is 0 Å². The van der Waals surface area contributed by atoms with Crippen LogP contribution in [0.4, 0.5) is 0 Å². The molecule has 1 unspecified atom stereocenters. The number of aromatic nitrogens is 2. The highest BCUT2D eigenvalue weighted by atomic mass is 16.1. The number of carbonyl (C=O) groups is 1. The van der Waals surface area contributed by atoms with Crippen LogP contribution in [0.3, 0.4) is 0 Å². The number of para-hydroxylation sites is 1. The second-order valence-electron chi connectivity index (χ2n) is 6.86. The molecule has 0 radical (unpaired) electrons. The molecule has 1 aliphatic rings. The zero-order valence-corrected chi connectivity index (χ0v) is 13.9. The van der Waals surface area contributed by atoms with E-state index < -0.39 is 5.54 Å². The van der Waals surface area contributed by atoms with Crippen LogP contribution in [0.15, 0.2) is 29.1 Å². The predicted octanol–water partition coefficient (Wildman–Crippen LogP) is 2.97. The molecule has 1 saturated carbocycles. The Bertz CT molecular complexity index is 810. The van der Waals surface area contributed by atoms with Gasteiger partial charge in [0, 0.05) is 12.3 Å². The van der Waals surface area contributed by atoms with Gasteiger partial charge < -0.3 is 5.43 Å². The van der Waals surface area contributed by atoms with Crippen LogP contribution in [-0.2, 0) is 4.79 Å². The first-order chi connectivity index (χ1) is 10.9. The molecule has 23 heavy (non-hydrogen) atoms. The topological polar surface area (TPSA) is 64.0 Å². The van der Waals surface area contributed by atoms with E-state index in [2.05, 4.69) is 10.4 Å². The summed E-state index contributed by atoms with van der Waals surface area (Å²) in [4.78, 5) is 29.9. The van der Waals surface area contributed by atoms with Crippen LogP contribution in [0.1, 0.15) is 58.2 Å². The Kier molecular flexibility index (Phi) is 3.96. The number of nitrogens with one attached hydrogen (secondary N) is 1. The molecule has 5 nitrogen and oxygen atoms in total. The van der Waals surface area contributed by atoms with Gasteiger partial charge in [0.1, 0.15) is 11.4 Å². The van der Waals surface area contributed by atoms with Gasteiger partial charge in [-0.3, -0.25) is 9.59 Å². The molecule has 0 aliphatic heterocycles. The fourth-order valence-corrected chi connectivity index (χ4v) is 3.19. The summed E-state index contributed by atoms with van der Waals surface area (Å²) in [5.41, 5.74) is 3.06. The van der Waals surface area contributed by atoms with Gasteiger partial charge in [0.2, 0.25) is 0 Å². The lowest BCUT2D eigenvalue weighted by atomic mass is 9.83. The van der Waals surface area contributed by atoms with Crippen molar-refractivity contribution in [2.75, 3.05) is 5.43 Å². The number of ketones is 1. The minimum absolute atomic E-state index is 0.0714. The molecular formula is C18H23N3O2. The molecule has 1 atom stereocenters. The minimum atomic E-state index is -0.699. The van der Waals surface area contributed by atoms with Crippen molar-refractivity contribution in [2.24, 2.45) is 0 Å². The van der Waals surface area contributed by atoms with Gasteiger partial charge in [-0.05, 0) is 31.9 Å². The molecule has 0 saturated heterocycles. The number of Topliss-reactive ketones (excluding diaryl/α,β-unsaturated/α-hetero) is 1. The number of fused-ring (bicyclic) bond motifs is 1. The van der Waals surface area contributed by atoms with Crippen molar-refractivity contribution in [1.29, 1.82) is 0 Å². The molecule has 0 amide bonds. The molecule has 1 N–H and O–H groups in total. The third kappa shape index (κ3) is 2.76. The first-order valence-corrected chi connectivity index (χ1v) is 8.25. The number of benzene rings is 1. The smallest absolute Gasteiger partial charge is 0.279 e. The van der Waals surface area contributed by atoms with Crippen LogP contribution >= 0.6 is 0 Å². The average molecular weight is 313 g/mol. The first kappa shape index (κ1) is 15.7. The number of nitrogens with zero attached hydrogens (tertiary/aromatic N) is 2. The molecule has 1 fully saturated rings. The molecule has 1 aromatic carbocycles. The van der Waals surface area contributed by atoms with Crippen molar-refractivity contribution in [3.63, 3.8) is 0 Å². The van der Waals surface area contributed by atoms with Gasteiger partial charge in [0.15, 0.2) is 5.78 Å². The second-order valence-corrected chi connectivity index (χ2v) is 6.86. The highest BCUT2D eigenvalue weighted by molar-refractivity contribution is 5.90. The number of hydrogen-bond donors (Lipinski definition) is 1. The lowest BCUT2D eigenvalue weighted by Gasteiger charge is -2.35. The summed E-state index contributed by atoms with van der Waals surface area (Å²) in [6.07, 6.45) is 3.22. The van der Waals surface area contributed by atoms with Crippen LogP contribution in [0.2, 0.25) is 0 Å². The Hall–Kier alpha value is -2.17. The van der Waals surface area contributed by atoms with E-state index in [1.165, 1.54) is 4.68 Å². The summed E-state index contributed by atoms with van der Waals surface area (Å²) in [6, 6.07) is 7.33. The molecule has 0 spiro atoms. The molecule has 1 aromatic heterocycles. The molecule has 0 bridgehead atoms. The van der Waals surface area contributed by atoms with Crippen molar-refractivity contribution in [2.45, 2.75) is 57.9 Å². The second kappa shape index (κ2) is 5.80. The molecule has 2 aromatic rings. The van der Waals surface area contributed by atoms with Gasteiger partial charge in [0.05, 0.1) is 10.9 Å². The Labute approximate surface area is 135 Å². The Morgan fingerprint density at radius 1 is 1.22 bits per heavy atom. The van der Waals surface area contributed by atoms with Gasteiger partial charge in [-0.15, -0.1) is 0 Å². The van der Waals surface area contributed by atoms with E-state index in [0.29, 0.717) is 23.1 Å². The van der Waals surface area contributed by atoms with Gasteiger partial charge in [-0.25, -0.2) is 9.66 Å². The average Bonchev–Trinajstić information content (AvgIpc) is 2.53. The van der Waals surface area contributed by atoms with E-state index in [1.54, 1.807) is 6.07 Å². The summed E-state index contributed by atoms with van der Waals surface area (Å²) in [7, 11) is 0. The maximum Gasteiger partial charge on any atom is 0.279 e. The summed E-state index contributed by atoms with van der Waals surface area (Å²) in [5, 5.41) is 0.566.